The average Bonchev–Trinajstić information content (AvgIpc) is 2.35. The predicted molar refractivity (Wildman–Crippen MR) is 70.4 cm³/mol. The molecule has 0 atom stereocenters. The van der Waals surface area contributed by atoms with E-state index < -0.39 is 17.3 Å². The minimum absolute atomic E-state index is 0.0507. The molecule has 0 aliphatic rings. The number of aromatic nitrogens is 2. The molecule has 5 nitrogen and oxygen atoms in total. The van der Waals surface area contributed by atoms with E-state index in [0.717, 1.165) is 0 Å². The topological polar surface area (TPSA) is 72.2 Å². The van der Waals surface area contributed by atoms with Crippen molar-refractivity contribution < 1.29 is 14.3 Å². The zero-order chi connectivity index (χ0) is 14.9. The molecule has 0 saturated heterocycles. The second kappa shape index (κ2) is 5.24. The lowest BCUT2D eigenvalue weighted by molar-refractivity contribution is 0.0691. The molecule has 0 radical (unpaired) electrons. The monoisotopic (exact) mass is 276 g/mol. The highest BCUT2D eigenvalue weighted by molar-refractivity contribution is 5.88. The van der Waals surface area contributed by atoms with Crippen LogP contribution in [-0.2, 0) is 6.54 Å². The third-order valence-electron chi connectivity index (χ3n) is 2.96. The molecule has 0 aliphatic heterocycles. The largest absolute Gasteiger partial charge is 0.478 e. The van der Waals surface area contributed by atoms with Crippen molar-refractivity contribution in [3.05, 3.63) is 63.1 Å². The summed E-state index contributed by atoms with van der Waals surface area (Å²) >= 11 is 0. The molecule has 1 aromatic heterocycles. The SMILES string of the molecule is Cc1cc(=O)n(Cc2cccc(C(=O)O)c2F)c(C)n1. The Morgan fingerprint density at radius 2 is 2.10 bits per heavy atom. The zero-order valence-electron chi connectivity index (χ0n) is 11.1. The quantitative estimate of drug-likeness (QED) is 0.927. The molecule has 104 valence electrons. The van der Waals surface area contributed by atoms with Crippen LogP contribution in [-0.4, -0.2) is 20.6 Å². The van der Waals surface area contributed by atoms with Crippen LogP contribution in [0.15, 0.2) is 29.1 Å². The van der Waals surface area contributed by atoms with Crippen molar-refractivity contribution in [3.8, 4) is 0 Å². The lowest BCUT2D eigenvalue weighted by atomic mass is 10.1. The molecule has 1 heterocycles. The summed E-state index contributed by atoms with van der Waals surface area (Å²) < 4.78 is 15.3. The molecule has 0 fully saturated rings. The van der Waals surface area contributed by atoms with Gasteiger partial charge in [-0.1, -0.05) is 12.1 Å². The minimum atomic E-state index is -1.34. The fraction of sp³-hybridized carbons (Fsp3) is 0.214. The van der Waals surface area contributed by atoms with E-state index in [4.69, 9.17) is 5.11 Å². The number of aromatic carboxylic acids is 1. The summed E-state index contributed by atoms with van der Waals surface area (Å²) in [5, 5.41) is 8.88. The molecule has 0 spiro atoms. The Bertz CT molecular complexity index is 738. The van der Waals surface area contributed by atoms with Crippen molar-refractivity contribution in [2.75, 3.05) is 0 Å². The number of halogens is 1. The van der Waals surface area contributed by atoms with Crippen LogP contribution in [0.3, 0.4) is 0 Å². The highest BCUT2D eigenvalue weighted by Gasteiger charge is 2.15. The van der Waals surface area contributed by atoms with E-state index in [1.807, 2.05) is 0 Å². The highest BCUT2D eigenvalue weighted by atomic mass is 19.1. The second-order valence-corrected chi connectivity index (χ2v) is 4.45. The number of carboxylic acids is 1. The predicted octanol–water partition coefficient (Wildman–Crippen LogP) is 1.75. The van der Waals surface area contributed by atoms with E-state index in [9.17, 15) is 14.0 Å². The minimum Gasteiger partial charge on any atom is -0.478 e. The number of aryl methyl sites for hydroxylation is 2. The molecule has 2 aromatic rings. The van der Waals surface area contributed by atoms with E-state index in [1.54, 1.807) is 13.8 Å². The summed E-state index contributed by atoms with van der Waals surface area (Å²) in [6.45, 7) is 3.29. The lowest BCUT2D eigenvalue weighted by Gasteiger charge is -2.11. The summed E-state index contributed by atoms with van der Waals surface area (Å²) in [5.41, 5.74) is 0.0210. The van der Waals surface area contributed by atoms with Gasteiger partial charge in [0.15, 0.2) is 0 Å². The van der Waals surface area contributed by atoms with Gasteiger partial charge in [-0.3, -0.25) is 9.36 Å². The van der Waals surface area contributed by atoms with Crippen molar-refractivity contribution >= 4 is 5.97 Å². The van der Waals surface area contributed by atoms with Crippen LogP contribution in [0.4, 0.5) is 4.39 Å². The first-order chi connectivity index (χ1) is 9.40. The third-order valence-corrected chi connectivity index (χ3v) is 2.96. The van der Waals surface area contributed by atoms with Gasteiger partial charge < -0.3 is 5.11 Å². The lowest BCUT2D eigenvalue weighted by Crippen LogP contribution is -2.24. The van der Waals surface area contributed by atoms with Crippen LogP contribution >= 0.6 is 0 Å². The molecule has 0 unspecified atom stereocenters. The molecule has 0 amide bonds. The van der Waals surface area contributed by atoms with E-state index >= 15 is 0 Å². The van der Waals surface area contributed by atoms with Gasteiger partial charge >= 0.3 is 5.97 Å². The maximum atomic E-state index is 14.0. The number of carboxylic acid groups (broad SMARTS) is 1. The number of hydrogen-bond donors (Lipinski definition) is 1. The maximum absolute atomic E-state index is 14.0. The van der Waals surface area contributed by atoms with Gasteiger partial charge in [-0.05, 0) is 19.9 Å². The Hall–Kier alpha value is -2.50. The Morgan fingerprint density at radius 3 is 2.70 bits per heavy atom. The van der Waals surface area contributed by atoms with E-state index in [-0.39, 0.29) is 17.7 Å². The van der Waals surface area contributed by atoms with Gasteiger partial charge in [0.25, 0.3) is 5.56 Å². The van der Waals surface area contributed by atoms with Gasteiger partial charge in [0.1, 0.15) is 11.6 Å². The molecule has 0 aliphatic carbocycles. The first kappa shape index (κ1) is 13.9. The van der Waals surface area contributed by atoms with Crippen LogP contribution in [0.25, 0.3) is 0 Å². The van der Waals surface area contributed by atoms with Gasteiger partial charge in [-0.15, -0.1) is 0 Å². The fourth-order valence-electron chi connectivity index (χ4n) is 1.99. The Kier molecular flexibility index (Phi) is 3.65. The van der Waals surface area contributed by atoms with Gasteiger partial charge in [0, 0.05) is 17.3 Å². The summed E-state index contributed by atoms with van der Waals surface area (Å²) in [4.78, 5) is 26.9. The van der Waals surface area contributed by atoms with Crippen molar-refractivity contribution in [2.45, 2.75) is 20.4 Å². The summed E-state index contributed by atoms with van der Waals surface area (Å²) in [6.07, 6.45) is 0. The number of carbonyl (C=O) groups is 1. The molecule has 20 heavy (non-hydrogen) atoms. The number of nitrogens with zero attached hydrogens (tertiary/aromatic N) is 2. The Labute approximate surface area is 114 Å². The molecule has 2 rings (SSSR count). The van der Waals surface area contributed by atoms with Crippen molar-refractivity contribution in [1.29, 1.82) is 0 Å². The van der Waals surface area contributed by atoms with Crippen LogP contribution in [0.5, 0.6) is 0 Å². The van der Waals surface area contributed by atoms with Gasteiger partial charge in [-0.25, -0.2) is 14.2 Å². The van der Waals surface area contributed by atoms with E-state index in [1.165, 1.54) is 28.8 Å². The van der Waals surface area contributed by atoms with Gasteiger partial charge in [0.05, 0.1) is 12.1 Å². The maximum Gasteiger partial charge on any atom is 0.338 e. The summed E-state index contributed by atoms with van der Waals surface area (Å²) in [7, 11) is 0. The normalized spacial score (nSPS) is 10.6. The molecule has 1 aromatic carbocycles. The van der Waals surface area contributed by atoms with Crippen molar-refractivity contribution in [1.82, 2.24) is 9.55 Å². The fourth-order valence-corrected chi connectivity index (χ4v) is 1.99. The molecular formula is C14H13FN2O3. The number of benzene rings is 1. The average molecular weight is 276 g/mol. The number of rotatable bonds is 3. The molecule has 6 heteroatoms. The smallest absolute Gasteiger partial charge is 0.338 e. The summed E-state index contributed by atoms with van der Waals surface area (Å²) in [5.74, 6) is -1.71. The molecule has 0 saturated carbocycles. The van der Waals surface area contributed by atoms with Crippen LogP contribution in [0, 0.1) is 19.7 Å². The van der Waals surface area contributed by atoms with Crippen LogP contribution < -0.4 is 5.56 Å². The first-order valence-corrected chi connectivity index (χ1v) is 5.96. The number of hydrogen-bond acceptors (Lipinski definition) is 3. The molecular weight excluding hydrogens is 263 g/mol. The zero-order valence-corrected chi connectivity index (χ0v) is 11.1. The highest BCUT2D eigenvalue weighted by Crippen LogP contribution is 2.14. The summed E-state index contributed by atoms with van der Waals surface area (Å²) in [6, 6.07) is 5.44. The van der Waals surface area contributed by atoms with E-state index in [0.29, 0.717) is 11.5 Å². The van der Waals surface area contributed by atoms with Crippen LogP contribution in [0.2, 0.25) is 0 Å². The van der Waals surface area contributed by atoms with Gasteiger partial charge in [0.2, 0.25) is 0 Å². The first-order valence-electron chi connectivity index (χ1n) is 5.96. The third kappa shape index (κ3) is 2.59. The van der Waals surface area contributed by atoms with E-state index in [2.05, 4.69) is 4.98 Å². The van der Waals surface area contributed by atoms with Crippen molar-refractivity contribution in [2.24, 2.45) is 0 Å². The van der Waals surface area contributed by atoms with Crippen molar-refractivity contribution in [3.63, 3.8) is 0 Å². The Balaban J connectivity index is 2.49. The Morgan fingerprint density at radius 1 is 1.40 bits per heavy atom. The standard InChI is InChI=1S/C14H13FN2O3/c1-8-6-12(18)17(9(2)16-8)7-10-4-3-5-11(13(10)15)14(19)20/h3-6H,7H2,1-2H3,(H,19,20). The molecule has 1 N–H and O–H groups in total. The molecule has 0 bridgehead atoms. The van der Waals surface area contributed by atoms with Gasteiger partial charge in [-0.2, -0.15) is 0 Å². The van der Waals surface area contributed by atoms with Crippen LogP contribution in [0.1, 0.15) is 27.4 Å². The second-order valence-electron chi connectivity index (χ2n) is 4.45.